The molecule has 0 radical (unpaired) electrons. The van der Waals surface area contributed by atoms with Gasteiger partial charge < -0.3 is 18.9 Å². The van der Waals surface area contributed by atoms with Crippen LogP contribution >= 0.6 is 0 Å². The number of hydrogen-bond acceptors (Lipinski definition) is 7. The standard InChI is InChI=1S/C28H24O7/c1-18(2)26(29)34-24-14-22(15-25(16-24)35-27(30)19(3)4)28(31)33-17-32-23-12-10-21(11-13-23)20-8-6-5-7-9-20/h5-16H,1,3,17H2,2,4H3. The summed E-state index contributed by atoms with van der Waals surface area (Å²) in [5.74, 6) is -1.70. The lowest BCUT2D eigenvalue weighted by molar-refractivity contribution is -0.130. The smallest absolute Gasteiger partial charge is 0.341 e. The van der Waals surface area contributed by atoms with Gasteiger partial charge in [0, 0.05) is 17.2 Å². The fourth-order valence-electron chi connectivity index (χ4n) is 2.80. The summed E-state index contributed by atoms with van der Waals surface area (Å²) < 4.78 is 21.0. The molecule has 3 aromatic rings. The Morgan fingerprint density at radius 1 is 0.686 bits per heavy atom. The Balaban J connectivity index is 1.67. The van der Waals surface area contributed by atoms with Gasteiger partial charge in [0.1, 0.15) is 17.2 Å². The van der Waals surface area contributed by atoms with Crippen molar-refractivity contribution in [2.45, 2.75) is 13.8 Å². The van der Waals surface area contributed by atoms with Gasteiger partial charge in [-0.25, -0.2) is 14.4 Å². The van der Waals surface area contributed by atoms with Crippen LogP contribution in [0.4, 0.5) is 0 Å². The molecule has 0 amide bonds. The predicted octanol–water partition coefficient (Wildman–Crippen LogP) is 5.51. The molecule has 0 heterocycles. The van der Waals surface area contributed by atoms with Crippen LogP contribution in [0.25, 0.3) is 11.1 Å². The Hall–Kier alpha value is -4.65. The van der Waals surface area contributed by atoms with Gasteiger partial charge in [-0.2, -0.15) is 0 Å². The Bertz CT molecular complexity index is 1210. The molecule has 0 N–H and O–H groups in total. The molecule has 178 valence electrons. The quantitative estimate of drug-likeness (QED) is 0.176. The minimum Gasteiger partial charge on any atom is -0.457 e. The number of benzene rings is 3. The van der Waals surface area contributed by atoms with Crippen molar-refractivity contribution < 1.29 is 33.3 Å². The first kappa shape index (κ1) is 25.0. The third kappa shape index (κ3) is 7.17. The minimum absolute atomic E-state index is 0.00967. The molecule has 0 aliphatic rings. The van der Waals surface area contributed by atoms with Crippen LogP contribution in [-0.2, 0) is 14.3 Å². The van der Waals surface area contributed by atoms with Crippen molar-refractivity contribution in [1.29, 1.82) is 0 Å². The van der Waals surface area contributed by atoms with E-state index in [4.69, 9.17) is 18.9 Å². The van der Waals surface area contributed by atoms with E-state index in [-0.39, 0.29) is 35.0 Å². The monoisotopic (exact) mass is 472 g/mol. The highest BCUT2D eigenvalue weighted by atomic mass is 16.7. The van der Waals surface area contributed by atoms with Gasteiger partial charge in [-0.3, -0.25) is 0 Å². The molecular formula is C28H24O7. The molecule has 0 fully saturated rings. The van der Waals surface area contributed by atoms with Crippen molar-refractivity contribution in [2.75, 3.05) is 6.79 Å². The maximum absolute atomic E-state index is 12.6. The average molecular weight is 472 g/mol. The number of ether oxygens (including phenoxy) is 4. The summed E-state index contributed by atoms with van der Waals surface area (Å²) in [4.78, 5) is 36.4. The van der Waals surface area contributed by atoms with E-state index in [0.29, 0.717) is 5.75 Å². The normalized spacial score (nSPS) is 10.1. The van der Waals surface area contributed by atoms with Crippen LogP contribution in [0.3, 0.4) is 0 Å². The highest BCUT2D eigenvalue weighted by Gasteiger charge is 2.16. The van der Waals surface area contributed by atoms with Gasteiger partial charge in [-0.1, -0.05) is 55.6 Å². The van der Waals surface area contributed by atoms with Crippen molar-refractivity contribution in [2.24, 2.45) is 0 Å². The van der Waals surface area contributed by atoms with Gasteiger partial charge >= 0.3 is 17.9 Å². The van der Waals surface area contributed by atoms with E-state index in [1.54, 1.807) is 12.1 Å². The fraction of sp³-hybridized carbons (Fsp3) is 0.107. The van der Waals surface area contributed by atoms with Gasteiger partial charge in [0.15, 0.2) is 0 Å². The van der Waals surface area contributed by atoms with Gasteiger partial charge in [0.2, 0.25) is 6.79 Å². The van der Waals surface area contributed by atoms with Gasteiger partial charge in [0.05, 0.1) is 5.56 Å². The molecule has 7 heteroatoms. The molecule has 0 aliphatic heterocycles. The zero-order valence-corrected chi connectivity index (χ0v) is 19.4. The van der Waals surface area contributed by atoms with E-state index >= 15 is 0 Å². The third-order valence-electron chi connectivity index (χ3n) is 4.61. The topological polar surface area (TPSA) is 88.1 Å². The van der Waals surface area contributed by atoms with Crippen LogP contribution in [0.5, 0.6) is 17.2 Å². The number of hydrogen-bond donors (Lipinski definition) is 0. The molecule has 35 heavy (non-hydrogen) atoms. The number of carbonyl (C=O) groups excluding carboxylic acids is 3. The van der Waals surface area contributed by atoms with Crippen LogP contribution in [0.15, 0.2) is 97.1 Å². The molecule has 0 unspecified atom stereocenters. The maximum Gasteiger partial charge on any atom is 0.341 e. The third-order valence-corrected chi connectivity index (χ3v) is 4.61. The summed E-state index contributed by atoms with van der Waals surface area (Å²) in [5.41, 5.74) is 2.40. The molecule has 0 aromatic heterocycles. The summed E-state index contributed by atoms with van der Waals surface area (Å²) in [6.45, 7) is 9.63. The van der Waals surface area contributed by atoms with Gasteiger partial charge in [-0.05, 0) is 49.2 Å². The first-order valence-electron chi connectivity index (χ1n) is 10.6. The molecule has 0 bridgehead atoms. The molecule has 3 rings (SSSR count). The zero-order chi connectivity index (χ0) is 25.4. The predicted molar refractivity (Wildman–Crippen MR) is 130 cm³/mol. The lowest BCUT2D eigenvalue weighted by Gasteiger charge is -2.11. The van der Waals surface area contributed by atoms with E-state index in [1.165, 1.54) is 32.0 Å². The number of esters is 3. The summed E-state index contributed by atoms with van der Waals surface area (Å²) in [6, 6.07) is 21.1. The second-order valence-electron chi connectivity index (χ2n) is 7.62. The SMILES string of the molecule is C=C(C)C(=O)Oc1cc(OC(=O)C(=C)C)cc(C(=O)OCOc2ccc(-c3ccccc3)cc2)c1. The largest absolute Gasteiger partial charge is 0.457 e. The van der Waals surface area contributed by atoms with Crippen molar-refractivity contribution in [3.05, 3.63) is 103 Å². The molecule has 0 saturated carbocycles. The lowest BCUT2D eigenvalue weighted by atomic mass is 10.1. The molecule has 0 spiro atoms. The van der Waals surface area contributed by atoms with E-state index in [9.17, 15) is 14.4 Å². The van der Waals surface area contributed by atoms with Crippen molar-refractivity contribution >= 4 is 17.9 Å². The highest BCUT2D eigenvalue weighted by Crippen LogP contribution is 2.26. The van der Waals surface area contributed by atoms with Crippen molar-refractivity contribution in [1.82, 2.24) is 0 Å². The highest BCUT2D eigenvalue weighted by molar-refractivity contribution is 5.93. The maximum atomic E-state index is 12.6. The molecular weight excluding hydrogens is 448 g/mol. The van der Waals surface area contributed by atoms with E-state index in [2.05, 4.69) is 13.2 Å². The lowest BCUT2D eigenvalue weighted by Crippen LogP contribution is -2.14. The van der Waals surface area contributed by atoms with E-state index < -0.39 is 17.9 Å². The van der Waals surface area contributed by atoms with Gasteiger partial charge in [0.25, 0.3) is 0 Å². The van der Waals surface area contributed by atoms with Crippen LogP contribution in [0.2, 0.25) is 0 Å². The summed E-state index contributed by atoms with van der Waals surface area (Å²) in [5, 5.41) is 0. The minimum atomic E-state index is -0.772. The zero-order valence-electron chi connectivity index (χ0n) is 19.4. The second kappa shape index (κ2) is 11.5. The van der Waals surface area contributed by atoms with Crippen LogP contribution in [0, 0.1) is 0 Å². The Morgan fingerprint density at radius 2 is 1.20 bits per heavy atom. The Kier molecular flexibility index (Phi) is 8.19. The molecule has 0 aliphatic carbocycles. The van der Waals surface area contributed by atoms with E-state index in [0.717, 1.165) is 11.1 Å². The van der Waals surface area contributed by atoms with Crippen LogP contribution in [0.1, 0.15) is 24.2 Å². The molecule has 7 nitrogen and oxygen atoms in total. The first-order chi connectivity index (χ1) is 16.7. The Morgan fingerprint density at radius 3 is 1.71 bits per heavy atom. The van der Waals surface area contributed by atoms with Crippen molar-refractivity contribution in [3.8, 4) is 28.4 Å². The summed E-state index contributed by atoms with van der Waals surface area (Å²) in [7, 11) is 0. The summed E-state index contributed by atoms with van der Waals surface area (Å²) in [6.07, 6.45) is 0. The molecule has 3 aromatic carbocycles. The first-order valence-corrected chi connectivity index (χ1v) is 10.6. The number of carbonyl (C=O) groups is 3. The van der Waals surface area contributed by atoms with Crippen LogP contribution in [-0.4, -0.2) is 24.7 Å². The Labute approximate surface area is 203 Å². The second-order valence-corrected chi connectivity index (χ2v) is 7.62. The van der Waals surface area contributed by atoms with Crippen molar-refractivity contribution in [3.63, 3.8) is 0 Å². The van der Waals surface area contributed by atoms with Crippen LogP contribution < -0.4 is 14.2 Å². The van der Waals surface area contributed by atoms with E-state index in [1.807, 2.05) is 42.5 Å². The average Bonchev–Trinajstić information content (AvgIpc) is 2.84. The van der Waals surface area contributed by atoms with Gasteiger partial charge in [-0.15, -0.1) is 0 Å². The number of rotatable bonds is 9. The summed E-state index contributed by atoms with van der Waals surface area (Å²) >= 11 is 0. The molecule has 0 saturated heterocycles. The molecule has 0 atom stereocenters. The fourth-order valence-corrected chi connectivity index (χ4v) is 2.80.